The van der Waals surface area contributed by atoms with E-state index >= 15 is 0 Å². The van der Waals surface area contributed by atoms with Crippen LogP contribution in [-0.4, -0.2) is 36.7 Å². The Morgan fingerprint density at radius 3 is 2.95 bits per heavy atom. The number of hydrogen-bond acceptors (Lipinski definition) is 3. The van der Waals surface area contributed by atoms with Gasteiger partial charge in [-0.05, 0) is 31.0 Å². The minimum Gasteiger partial charge on any atom is -0.381 e. The Bertz CT molecular complexity index is 422. The van der Waals surface area contributed by atoms with Crippen molar-refractivity contribution in [2.24, 2.45) is 0 Å². The third-order valence-corrected chi connectivity index (χ3v) is 4.38. The van der Waals surface area contributed by atoms with Crippen LogP contribution in [0.3, 0.4) is 0 Å². The van der Waals surface area contributed by atoms with Gasteiger partial charge in [0.2, 0.25) is 0 Å². The molecule has 1 N–H and O–H groups in total. The Morgan fingerprint density at radius 1 is 1.42 bits per heavy atom. The van der Waals surface area contributed by atoms with Crippen molar-refractivity contribution in [3.8, 4) is 0 Å². The summed E-state index contributed by atoms with van der Waals surface area (Å²) in [5.74, 6) is 0.280. The van der Waals surface area contributed by atoms with Gasteiger partial charge in [0.1, 0.15) is 5.82 Å². The summed E-state index contributed by atoms with van der Waals surface area (Å²) in [6.45, 7) is 2.29. The lowest BCUT2D eigenvalue weighted by Gasteiger charge is -2.21. The molecule has 1 saturated heterocycles. The molecule has 0 spiro atoms. The van der Waals surface area contributed by atoms with E-state index in [1.54, 1.807) is 12.1 Å². The van der Waals surface area contributed by atoms with Crippen molar-refractivity contribution in [1.82, 2.24) is 5.32 Å². The summed E-state index contributed by atoms with van der Waals surface area (Å²) in [7, 11) is 0. The molecule has 5 heteroatoms. The highest BCUT2D eigenvalue weighted by molar-refractivity contribution is 7.99. The van der Waals surface area contributed by atoms with Crippen LogP contribution in [0.15, 0.2) is 24.3 Å². The molecule has 0 aromatic heterocycles. The second-order valence-electron chi connectivity index (χ2n) is 4.45. The van der Waals surface area contributed by atoms with Crippen molar-refractivity contribution in [1.29, 1.82) is 0 Å². The Hall–Kier alpha value is -1.07. The van der Waals surface area contributed by atoms with Crippen LogP contribution in [0.4, 0.5) is 4.39 Å². The Kier molecular flexibility index (Phi) is 5.66. The molecular weight excluding hydrogens is 265 g/mol. The molecule has 0 atom stereocenters. The lowest BCUT2D eigenvalue weighted by molar-refractivity contribution is 0.0954. The van der Waals surface area contributed by atoms with Gasteiger partial charge in [-0.3, -0.25) is 4.79 Å². The maximum absolute atomic E-state index is 13.0. The van der Waals surface area contributed by atoms with Gasteiger partial charge in [-0.25, -0.2) is 4.39 Å². The molecule has 1 aromatic rings. The standard InChI is InChI=1S/C14H18FNO2S/c15-12-3-1-2-11(10-12)14(17)16-6-9-19-13-4-7-18-8-5-13/h1-3,10,13H,4-9H2,(H,16,17). The highest BCUT2D eigenvalue weighted by atomic mass is 32.2. The Balaban J connectivity index is 1.66. The van der Waals surface area contributed by atoms with Crippen LogP contribution in [0.2, 0.25) is 0 Å². The fourth-order valence-electron chi connectivity index (χ4n) is 1.96. The van der Waals surface area contributed by atoms with E-state index in [0.717, 1.165) is 31.8 Å². The minimum absolute atomic E-state index is 0.216. The first-order valence-electron chi connectivity index (χ1n) is 6.49. The normalized spacial score (nSPS) is 16.3. The summed E-state index contributed by atoms with van der Waals surface area (Å²) < 4.78 is 18.3. The summed E-state index contributed by atoms with van der Waals surface area (Å²) >= 11 is 1.87. The molecule has 1 heterocycles. The van der Waals surface area contributed by atoms with Crippen LogP contribution >= 0.6 is 11.8 Å². The number of thioether (sulfide) groups is 1. The molecule has 0 radical (unpaired) electrons. The van der Waals surface area contributed by atoms with E-state index < -0.39 is 0 Å². The number of amides is 1. The summed E-state index contributed by atoms with van der Waals surface area (Å²) in [6, 6.07) is 5.74. The lowest BCUT2D eigenvalue weighted by Crippen LogP contribution is -2.27. The monoisotopic (exact) mass is 283 g/mol. The van der Waals surface area contributed by atoms with Crippen LogP contribution < -0.4 is 5.32 Å². The van der Waals surface area contributed by atoms with Crippen LogP contribution in [-0.2, 0) is 4.74 Å². The molecular formula is C14H18FNO2S. The molecule has 0 aliphatic carbocycles. The van der Waals surface area contributed by atoms with Gasteiger partial charge in [-0.15, -0.1) is 0 Å². The van der Waals surface area contributed by atoms with Crippen molar-refractivity contribution >= 4 is 17.7 Å². The third-order valence-electron chi connectivity index (χ3n) is 3.00. The maximum Gasteiger partial charge on any atom is 0.251 e. The molecule has 19 heavy (non-hydrogen) atoms. The number of carbonyl (C=O) groups is 1. The zero-order valence-electron chi connectivity index (χ0n) is 10.7. The average molecular weight is 283 g/mol. The first-order valence-corrected chi connectivity index (χ1v) is 7.54. The highest BCUT2D eigenvalue weighted by Gasteiger charge is 2.13. The van der Waals surface area contributed by atoms with Crippen LogP contribution in [0.25, 0.3) is 0 Å². The van der Waals surface area contributed by atoms with E-state index in [4.69, 9.17) is 4.74 Å². The topological polar surface area (TPSA) is 38.3 Å². The molecule has 1 aromatic carbocycles. The van der Waals surface area contributed by atoms with Crippen molar-refractivity contribution in [2.45, 2.75) is 18.1 Å². The van der Waals surface area contributed by atoms with E-state index in [0.29, 0.717) is 17.4 Å². The van der Waals surface area contributed by atoms with Crippen molar-refractivity contribution < 1.29 is 13.9 Å². The third kappa shape index (κ3) is 4.84. The predicted octanol–water partition coefficient (Wildman–Crippen LogP) is 2.47. The average Bonchev–Trinajstić information content (AvgIpc) is 2.44. The van der Waals surface area contributed by atoms with Gasteiger partial charge >= 0.3 is 0 Å². The number of rotatable bonds is 5. The second kappa shape index (κ2) is 7.50. The van der Waals surface area contributed by atoms with Gasteiger partial charge in [0, 0.05) is 36.3 Å². The van der Waals surface area contributed by atoms with E-state index in [2.05, 4.69) is 5.32 Å². The molecule has 0 bridgehead atoms. The van der Waals surface area contributed by atoms with Crippen molar-refractivity contribution in [3.63, 3.8) is 0 Å². The molecule has 2 rings (SSSR count). The van der Waals surface area contributed by atoms with Gasteiger partial charge < -0.3 is 10.1 Å². The quantitative estimate of drug-likeness (QED) is 0.844. The predicted molar refractivity (Wildman–Crippen MR) is 75.0 cm³/mol. The summed E-state index contributed by atoms with van der Waals surface area (Å²) in [4.78, 5) is 11.7. The zero-order valence-corrected chi connectivity index (χ0v) is 11.5. The number of carbonyl (C=O) groups excluding carboxylic acids is 1. The van der Waals surface area contributed by atoms with E-state index in [1.165, 1.54) is 12.1 Å². The number of hydrogen-bond donors (Lipinski definition) is 1. The van der Waals surface area contributed by atoms with E-state index in [-0.39, 0.29) is 11.7 Å². The fraction of sp³-hybridized carbons (Fsp3) is 0.500. The first kappa shape index (κ1) is 14.3. The molecule has 1 amide bonds. The van der Waals surface area contributed by atoms with Crippen LogP contribution in [0.5, 0.6) is 0 Å². The van der Waals surface area contributed by atoms with Crippen LogP contribution in [0.1, 0.15) is 23.2 Å². The zero-order chi connectivity index (χ0) is 13.5. The molecule has 0 saturated carbocycles. The SMILES string of the molecule is O=C(NCCSC1CCOCC1)c1cccc(F)c1. The van der Waals surface area contributed by atoms with Crippen LogP contribution in [0, 0.1) is 5.82 Å². The largest absolute Gasteiger partial charge is 0.381 e. The number of halogens is 1. The van der Waals surface area contributed by atoms with Crippen molar-refractivity contribution in [3.05, 3.63) is 35.6 Å². The van der Waals surface area contributed by atoms with E-state index in [1.807, 2.05) is 11.8 Å². The Labute approximate surface area is 116 Å². The fourth-order valence-corrected chi connectivity index (χ4v) is 3.04. The molecule has 1 aliphatic rings. The van der Waals surface area contributed by atoms with E-state index in [9.17, 15) is 9.18 Å². The molecule has 0 unspecified atom stereocenters. The summed E-state index contributed by atoms with van der Waals surface area (Å²) in [5.41, 5.74) is 0.371. The Morgan fingerprint density at radius 2 is 2.21 bits per heavy atom. The maximum atomic E-state index is 13.0. The van der Waals surface area contributed by atoms with Gasteiger partial charge in [-0.1, -0.05) is 6.07 Å². The molecule has 3 nitrogen and oxygen atoms in total. The van der Waals surface area contributed by atoms with Crippen molar-refractivity contribution in [2.75, 3.05) is 25.5 Å². The number of ether oxygens (including phenoxy) is 1. The first-order chi connectivity index (χ1) is 9.25. The number of nitrogens with one attached hydrogen (secondary N) is 1. The number of benzene rings is 1. The molecule has 104 valence electrons. The lowest BCUT2D eigenvalue weighted by atomic mass is 10.2. The molecule has 1 fully saturated rings. The second-order valence-corrected chi connectivity index (χ2v) is 5.86. The smallest absolute Gasteiger partial charge is 0.251 e. The summed E-state index contributed by atoms with van der Waals surface area (Å²) in [6.07, 6.45) is 2.17. The van der Waals surface area contributed by atoms with Gasteiger partial charge in [0.25, 0.3) is 5.91 Å². The summed E-state index contributed by atoms with van der Waals surface area (Å²) in [5, 5.41) is 3.45. The van der Waals surface area contributed by atoms with Gasteiger partial charge in [-0.2, -0.15) is 11.8 Å². The van der Waals surface area contributed by atoms with Gasteiger partial charge in [0.05, 0.1) is 0 Å². The van der Waals surface area contributed by atoms with Gasteiger partial charge in [0.15, 0.2) is 0 Å². The minimum atomic E-state index is -0.385. The molecule has 1 aliphatic heterocycles. The highest BCUT2D eigenvalue weighted by Crippen LogP contribution is 2.21.